The van der Waals surface area contributed by atoms with Gasteiger partial charge in [0.1, 0.15) is 18.1 Å². The highest BCUT2D eigenvalue weighted by molar-refractivity contribution is 14.0. The van der Waals surface area contributed by atoms with Gasteiger partial charge in [0.05, 0.1) is 18.2 Å². The number of methoxy groups -OCH3 is 1. The van der Waals surface area contributed by atoms with Gasteiger partial charge >= 0.3 is 0 Å². The van der Waals surface area contributed by atoms with E-state index >= 15 is 0 Å². The molecule has 3 unspecified atom stereocenters. The van der Waals surface area contributed by atoms with Gasteiger partial charge in [-0.25, -0.2) is 4.99 Å². The molecule has 1 saturated carbocycles. The second-order valence-electron chi connectivity index (χ2n) is 9.32. The Hall–Kier alpha value is -1.88. The number of rotatable bonds is 5. The van der Waals surface area contributed by atoms with E-state index < -0.39 is 0 Å². The van der Waals surface area contributed by atoms with Crippen LogP contribution in [0.15, 0.2) is 29.3 Å². The van der Waals surface area contributed by atoms with Crippen molar-refractivity contribution in [2.75, 3.05) is 13.7 Å². The maximum atomic E-state index is 5.83. The first-order chi connectivity index (χ1) is 14.7. The number of nitrogens with one attached hydrogen (secondary N) is 2. The second-order valence-corrected chi connectivity index (χ2v) is 9.32. The number of fused-ring (bicyclic) bond motifs is 1. The SMILES string of the molecule is COC1(C)CC(NC(=NCc2nnc(C)n2C)NC2CCOc3ccccc32)C1(C)C.I. The molecule has 0 bridgehead atoms. The number of hydrogen-bond donors (Lipinski definition) is 2. The molecule has 1 aromatic heterocycles. The molecule has 2 N–H and O–H groups in total. The number of hydrogen-bond acceptors (Lipinski definition) is 5. The van der Waals surface area contributed by atoms with E-state index in [1.807, 2.05) is 36.7 Å². The molecule has 2 aliphatic rings. The molecule has 1 aromatic carbocycles. The van der Waals surface area contributed by atoms with Crippen LogP contribution in [0, 0.1) is 12.3 Å². The van der Waals surface area contributed by atoms with Crippen molar-refractivity contribution in [1.29, 1.82) is 0 Å². The Labute approximate surface area is 207 Å². The molecule has 0 saturated heterocycles. The molecule has 1 aliphatic carbocycles. The number of aryl methyl sites for hydroxylation is 1. The van der Waals surface area contributed by atoms with Crippen LogP contribution in [0.5, 0.6) is 5.75 Å². The lowest BCUT2D eigenvalue weighted by Gasteiger charge is -2.59. The fourth-order valence-electron chi connectivity index (χ4n) is 4.42. The van der Waals surface area contributed by atoms with Crippen LogP contribution in [0.3, 0.4) is 0 Å². The minimum atomic E-state index is -0.151. The fraction of sp³-hybridized carbons (Fsp3) is 0.609. The van der Waals surface area contributed by atoms with Crippen LogP contribution in [-0.2, 0) is 18.3 Å². The van der Waals surface area contributed by atoms with E-state index in [4.69, 9.17) is 14.5 Å². The summed E-state index contributed by atoms with van der Waals surface area (Å²) in [5.41, 5.74) is 0.980. The van der Waals surface area contributed by atoms with Crippen LogP contribution < -0.4 is 15.4 Å². The summed E-state index contributed by atoms with van der Waals surface area (Å²) < 4.78 is 13.6. The molecule has 3 atom stereocenters. The number of aromatic nitrogens is 3. The molecule has 4 rings (SSSR count). The van der Waals surface area contributed by atoms with Gasteiger partial charge in [0, 0.05) is 37.6 Å². The molecule has 1 aliphatic heterocycles. The lowest BCUT2D eigenvalue weighted by Crippen LogP contribution is -2.69. The molecule has 2 aromatic rings. The van der Waals surface area contributed by atoms with E-state index in [-0.39, 0.29) is 47.1 Å². The predicted molar refractivity (Wildman–Crippen MR) is 135 cm³/mol. The predicted octanol–water partition coefficient (Wildman–Crippen LogP) is 3.50. The van der Waals surface area contributed by atoms with Crippen molar-refractivity contribution in [1.82, 2.24) is 25.4 Å². The second kappa shape index (κ2) is 9.54. The van der Waals surface area contributed by atoms with Gasteiger partial charge in [-0.15, -0.1) is 34.2 Å². The molecular weight excluding hydrogens is 519 g/mol. The molecule has 0 radical (unpaired) electrons. The minimum absolute atomic E-state index is 0. The molecule has 32 heavy (non-hydrogen) atoms. The van der Waals surface area contributed by atoms with Crippen LogP contribution >= 0.6 is 24.0 Å². The van der Waals surface area contributed by atoms with Crippen molar-refractivity contribution in [3.05, 3.63) is 41.5 Å². The van der Waals surface area contributed by atoms with Crippen LogP contribution in [0.1, 0.15) is 56.9 Å². The summed E-state index contributed by atoms with van der Waals surface area (Å²) in [6, 6.07) is 8.58. The Morgan fingerprint density at radius 1 is 1.25 bits per heavy atom. The third-order valence-corrected chi connectivity index (χ3v) is 7.42. The standard InChI is InChI=1S/C23H34N6O2.HI/c1-15-27-28-20(29(15)5)14-24-21(26-19-13-23(4,30-6)22(19,2)3)25-17-11-12-31-18-10-8-7-9-16(17)18;/h7-10,17,19H,11-14H2,1-6H3,(H2,24,25,26);1H. The normalized spacial score (nSPS) is 26.2. The number of halogens is 1. The van der Waals surface area contributed by atoms with Crippen molar-refractivity contribution in [2.45, 2.75) is 64.8 Å². The van der Waals surface area contributed by atoms with Crippen LogP contribution in [0.25, 0.3) is 0 Å². The molecule has 0 amide bonds. The first-order valence-corrected chi connectivity index (χ1v) is 10.9. The molecule has 9 heteroatoms. The lowest BCUT2D eigenvalue weighted by molar-refractivity contribution is -0.176. The van der Waals surface area contributed by atoms with Crippen molar-refractivity contribution in [3.63, 3.8) is 0 Å². The third kappa shape index (κ3) is 4.46. The third-order valence-electron chi connectivity index (χ3n) is 7.42. The molecule has 176 valence electrons. The minimum Gasteiger partial charge on any atom is -0.493 e. The van der Waals surface area contributed by atoms with E-state index in [0.29, 0.717) is 13.2 Å². The summed E-state index contributed by atoms with van der Waals surface area (Å²) in [6.07, 6.45) is 1.80. The zero-order valence-corrected chi connectivity index (χ0v) is 22.1. The van der Waals surface area contributed by atoms with Crippen molar-refractivity contribution in [3.8, 4) is 5.75 Å². The highest BCUT2D eigenvalue weighted by atomic mass is 127. The quantitative estimate of drug-likeness (QED) is 0.335. The number of guanidine groups is 1. The lowest BCUT2D eigenvalue weighted by atomic mass is 9.56. The van der Waals surface area contributed by atoms with Crippen molar-refractivity contribution >= 4 is 29.9 Å². The molecular formula is C23H35IN6O2. The number of aliphatic imine (C=N–C) groups is 1. The topological polar surface area (TPSA) is 85.6 Å². The van der Waals surface area contributed by atoms with Gasteiger partial charge < -0.3 is 24.7 Å². The van der Waals surface area contributed by atoms with Gasteiger partial charge in [-0.1, -0.05) is 32.0 Å². The number of nitrogens with zero attached hydrogens (tertiary/aromatic N) is 4. The molecule has 1 fully saturated rings. The molecule has 8 nitrogen and oxygen atoms in total. The Morgan fingerprint density at radius 3 is 2.66 bits per heavy atom. The first-order valence-electron chi connectivity index (χ1n) is 10.9. The largest absolute Gasteiger partial charge is 0.493 e. The summed E-state index contributed by atoms with van der Waals surface area (Å²) >= 11 is 0. The molecule has 2 heterocycles. The highest BCUT2D eigenvalue weighted by Crippen LogP contribution is 2.51. The summed E-state index contributed by atoms with van der Waals surface area (Å²) in [4.78, 5) is 4.89. The Morgan fingerprint density at radius 2 is 2.00 bits per heavy atom. The number of benzene rings is 1. The van der Waals surface area contributed by atoms with Crippen LogP contribution in [-0.4, -0.2) is 46.1 Å². The smallest absolute Gasteiger partial charge is 0.192 e. The summed E-state index contributed by atoms with van der Waals surface area (Å²) in [6.45, 7) is 9.73. The Kier molecular flexibility index (Phi) is 7.38. The average Bonchev–Trinajstić information content (AvgIpc) is 3.09. The average molecular weight is 554 g/mol. The van der Waals surface area contributed by atoms with Gasteiger partial charge in [0.2, 0.25) is 0 Å². The molecule has 0 spiro atoms. The van der Waals surface area contributed by atoms with Crippen molar-refractivity contribution in [2.24, 2.45) is 17.5 Å². The monoisotopic (exact) mass is 554 g/mol. The van der Waals surface area contributed by atoms with Gasteiger partial charge in [0.25, 0.3) is 0 Å². The first kappa shape index (κ1) is 24.8. The highest BCUT2D eigenvalue weighted by Gasteiger charge is 2.58. The van der Waals surface area contributed by atoms with Crippen molar-refractivity contribution < 1.29 is 9.47 Å². The van der Waals surface area contributed by atoms with Gasteiger partial charge in [-0.05, 0) is 26.3 Å². The van der Waals surface area contributed by atoms with E-state index in [2.05, 4.69) is 47.7 Å². The maximum absolute atomic E-state index is 5.83. The van der Waals surface area contributed by atoms with E-state index in [1.54, 1.807) is 7.11 Å². The Bertz CT molecular complexity index is 975. The maximum Gasteiger partial charge on any atom is 0.192 e. The zero-order chi connectivity index (χ0) is 22.2. The van der Waals surface area contributed by atoms with Gasteiger partial charge in [-0.3, -0.25) is 0 Å². The van der Waals surface area contributed by atoms with E-state index in [1.165, 1.54) is 0 Å². The number of ether oxygens (including phenoxy) is 2. The van der Waals surface area contributed by atoms with Gasteiger partial charge in [-0.2, -0.15) is 0 Å². The summed E-state index contributed by atoms with van der Waals surface area (Å²) in [7, 11) is 3.76. The van der Waals surface area contributed by atoms with E-state index in [0.717, 1.165) is 41.8 Å². The number of para-hydroxylation sites is 1. The zero-order valence-electron chi connectivity index (χ0n) is 19.8. The van der Waals surface area contributed by atoms with Crippen LogP contribution in [0.2, 0.25) is 0 Å². The summed E-state index contributed by atoms with van der Waals surface area (Å²) in [5, 5.41) is 15.7. The fourth-order valence-corrected chi connectivity index (χ4v) is 4.42. The van der Waals surface area contributed by atoms with E-state index in [9.17, 15) is 0 Å². The van der Waals surface area contributed by atoms with Crippen LogP contribution in [0.4, 0.5) is 0 Å². The summed E-state index contributed by atoms with van der Waals surface area (Å²) in [5.74, 6) is 3.42. The Balaban J connectivity index is 0.00000289. The van der Waals surface area contributed by atoms with Gasteiger partial charge in [0.15, 0.2) is 11.8 Å².